The van der Waals surface area contributed by atoms with Gasteiger partial charge in [0.1, 0.15) is 11.8 Å². The number of nitrogens with one attached hydrogen (secondary N) is 1. The molecule has 0 aromatic heterocycles. The quantitative estimate of drug-likeness (QED) is 0.863. The summed E-state index contributed by atoms with van der Waals surface area (Å²) in [5.41, 5.74) is 0.671. The molecule has 17 heavy (non-hydrogen) atoms. The van der Waals surface area contributed by atoms with Crippen LogP contribution in [0.15, 0.2) is 24.3 Å². The summed E-state index contributed by atoms with van der Waals surface area (Å²) in [5.74, 6) is 0.470. The molecule has 0 radical (unpaired) electrons. The summed E-state index contributed by atoms with van der Waals surface area (Å²) in [5, 5.41) is 10.6. The SMILES string of the molecule is N#CCOc1cccc(CNCC(F)(F)F)c1. The van der Waals surface area contributed by atoms with E-state index in [0.29, 0.717) is 11.3 Å². The molecule has 1 N–H and O–H groups in total. The van der Waals surface area contributed by atoms with Gasteiger partial charge in [0.25, 0.3) is 0 Å². The zero-order chi connectivity index (χ0) is 12.7. The third kappa shape index (κ3) is 5.78. The van der Waals surface area contributed by atoms with E-state index in [-0.39, 0.29) is 13.2 Å². The number of rotatable bonds is 5. The Labute approximate surface area is 96.8 Å². The second kappa shape index (κ2) is 6.11. The zero-order valence-corrected chi connectivity index (χ0v) is 8.92. The van der Waals surface area contributed by atoms with E-state index in [1.54, 1.807) is 24.3 Å². The molecule has 0 spiro atoms. The summed E-state index contributed by atoms with van der Waals surface area (Å²) in [6.07, 6.45) is -4.21. The van der Waals surface area contributed by atoms with E-state index in [1.165, 1.54) is 0 Å². The summed E-state index contributed by atoms with van der Waals surface area (Å²) in [7, 11) is 0. The van der Waals surface area contributed by atoms with Gasteiger partial charge < -0.3 is 10.1 Å². The van der Waals surface area contributed by atoms with Gasteiger partial charge in [-0.2, -0.15) is 18.4 Å². The first-order valence-corrected chi connectivity index (χ1v) is 4.87. The van der Waals surface area contributed by atoms with Gasteiger partial charge in [-0.3, -0.25) is 0 Å². The highest BCUT2D eigenvalue weighted by Crippen LogP contribution is 2.15. The highest BCUT2D eigenvalue weighted by atomic mass is 19.4. The normalized spacial score (nSPS) is 10.9. The molecule has 1 aromatic carbocycles. The van der Waals surface area contributed by atoms with Crippen molar-refractivity contribution in [2.45, 2.75) is 12.7 Å². The number of hydrogen-bond acceptors (Lipinski definition) is 3. The lowest BCUT2D eigenvalue weighted by Gasteiger charge is -2.09. The molecule has 0 aliphatic carbocycles. The Hall–Kier alpha value is -1.74. The molecule has 1 aromatic rings. The van der Waals surface area contributed by atoms with Crippen molar-refractivity contribution in [2.24, 2.45) is 0 Å². The molecule has 0 unspecified atom stereocenters. The van der Waals surface area contributed by atoms with Gasteiger partial charge in [-0.15, -0.1) is 0 Å². The second-order valence-corrected chi connectivity index (χ2v) is 3.31. The standard InChI is InChI=1S/C11H11F3N2O/c12-11(13,14)8-16-7-9-2-1-3-10(6-9)17-5-4-15/h1-3,6,16H,5,7-8H2. The molecular formula is C11H11F3N2O. The third-order valence-electron chi connectivity index (χ3n) is 1.86. The number of nitrogens with zero attached hydrogens (tertiary/aromatic N) is 1. The first kappa shape index (κ1) is 13.3. The molecule has 0 amide bonds. The van der Waals surface area contributed by atoms with Crippen LogP contribution in [0.2, 0.25) is 0 Å². The highest BCUT2D eigenvalue weighted by Gasteiger charge is 2.25. The number of benzene rings is 1. The van der Waals surface area contributed by atoms with Crippen molar-refractivity contribution in [3.05, 3.63) is 29.8 Å². The molecule has 0 saturated carbocycles. The van der Waals surface area contributed by atoms with E-state index in [1.807, 2.05) is 6.07 Å². The second-order valence-electron chi connectivity index (χ2n) is 3.31. The van der Waals surface area contributed by atoms with Crippen molar-refractivity contribution in [3.63, 3.8) is 0 Å². The van der Waals surface area contributed by atoms with Gasteiger partial charge in [-0.05, 0) is 17.7 Å². The maximum Gasteiger partial charge on any atom is 0.401 e. The third-order valence-corrected chi connectivity index (χ3v) is 1.86. The number of alkyl halides is 3. The molecule has 3 nitrogen and oxygen atoms in total. The molecular weight excluding hydrogens is 233 g/mol. The monoisotopic (exact) mass is 244 g/mol. The van der Waals surface area contributed by atoms with Gasteiger partial charge in [0.2, 0.25) is 0 Å². The number of ether oxygens (including phenoxy) is 1. The highest BCUT2D eigenvalue weighted by molar-refractivity contribution is 5.28. The Bertz CT molecular complexity index is 398. The van der Waals surface area contributed by atoms with Crippen LogP contribution in [-0.4, -0.2) is 19.3 Å². The van der Waals surface area contributed by atoms with E-state index in [0.717, 1.165) is 0 Å². The predicted molar refractivity (Wildman–Crippen MR) is 55.3 cm³/mol. The lowest BCUT2D eigenvalue weighted by molar-refractivity contribution is -0.125. The van der Waals surface area contributed by atoms with Crippen LogP contribution >= 0.6 is 0 Å². The van der Waals surface area contributed by atoms with Gasteiger partial charge in [-0.25, -0.2) is 0 Å². The molecule has 0 fully saturated rings. The van der Waals surface area contributed by atoms with E-state index in [2.05, 4.69) is 5.32 Å². The first-order valence-electron chi connectivity index (χ1n) is 4.87. The summed E-state index contributed by atoms with van der Waals surface area (Å²) in [4.78, 5) is 0. The molecule has 1 rings (SSSR count). The van der Waals surface area contributed by atoms with Crippen molar-refractivity contribution in [3.8, 4) is 11.8 Å². The Morgan fingerprint density at radius 1 is 1.35 bits per heavy atom. The largest absolute Gasteiger partial charge is 0.479 e. The average Bonchev–Trinajstić information content (AvgIpc) is 2.25. The van der Waals surface area contributed by atoms with Crippen LogP contribution < -0.4 is 10.1 Å². The fourth-order valence-electron chi connectivity index (χ4n) is 1.21. The molecule has 0 aliphatic heterocycles. The van der Waals surface area contributed by atoms with E-state index >= 15 is 0 Å². The fourth-order valence-corrected chi connectivity index (χ4v) is 1.21. The Kier molecular flexibility index (Phi) is 4.79. The van der Waals surface area contributed by atoms with Crippen molar-refractivity contribution < 1.29 is 17.9 Å². The van der Waals surface area contributed by atoms with Crippen LogP contribution in [0, 0.1) is 11.3 Å². The van der Waals surface area contributed by atoms with Crippen molar-refractivity contribution in [2.75, 3.05) is 13.2 Å². The van der Waals surface area contributed by atoms with E-state index < -0.39 is 12.7 Å². The van der Waals surface area contributed by atoms with Crippen LogP contribution in [0.4, 0.5) is 13.2 Å². The maximum atomic E-state index is 11.9. The van der Waals surface area contributed by atoms with E-state index in [4.69, 9.17) is 10.00 Å². The topological polar surface area (TPSA) is 45.0 Å². The number of hydrogen-bond donors (Lipinski definition) is 1. The van der Waals surface area contributed by atoms with Crippen LogP contribution in [-0.2, 0) is 6.54 Å². The van der Waals surface area contributed by atoms with Crippen LogP contribution in [0.3, 0.4) is 0 Å². The lowest BCUT2D eigenvalue weighted by atomic mass is 10.2. The maximum absolute atomic E-state index is 11.9. The molecule has 0 heterocycles. The van der Waals surface area contributed by atoms with Gasteiger partial charge in [0.15, 0.2) is 6.61 Å². The lowest BCUT2D eigenvalue weighted by Crippen LogP contribution is -2.28. The fraction of sp³-hybridized carbons (Fsp3) is 0.364. The van der Waals surface area contributed by atoms with Crippen LogP contribution in [0.25, 0.3) is 0 Å². The van der Waals surface area contributed by atoms with Crippen molar-refractivity contribution >= 4 is 0 Å². The van der Waals surface area contributed by atoms with Crippen molar-refractivity contribution in [1.29, 1.82) is 5.26 Å². The Morgan fingerprint density at radius 2 is 2.12 bits per heavy atom. The summed E-state index contributed by atoms with van der Waals surface area (Å²) in [6.45, 7) is -1.01. The van der Waals surface area contributed by atoms with Gasteiger partial charge in [-0.1, -0.05) is 12.1 Å². The molecule has 0 atom stereocenters. The smallest absolute Gasteiger partial charge is 0.401 e. The summed E-state index contributed by atoms with van der Waals surface area (Å²) >= 11 is 0. The predicted octanol–water partition coefficient (Wildman–Crippen LogP) is 2.24. The Morgan fingerprint density at radius 3 is 2.76 bits per heavy atom. The molecule has 6 heteroatoms. The van der Waals surface area contributed by atoms with Gasteiger partial charge in [0, 0.05) is 6.54 Å². The van der Waals surface area contributed by atoms with Crippen LogP contribution in [0.1, 0.15) is 5.56 Å². The van der Waals surface area contributed by atoms with E-state index in [9.17, 15) is 13.2 Å². The zero-order valence-electron chi connectivity index (χ0n) is 8.92. The molecule has 92 valence electrons. The first-order chi connectivity index (χ1) is 8.01. The average molecular weight is 244 g/mol. The van der Waals surface area contributed by atoms with Gasteiger partial charge in [0.05, 0.1) is 6.54 Å². The number of halogens is 3. The molecule has 0 aliphatic rings. The minimum absolute atomic E-state index is 0.0839. The van der Waals surface area contributed by atoms with Crippen LogP contribution in [0.5, 0.6) is 5.75 Å². The molecule has 0 saturated heterocycles. The minimum Gasteiger partial charge on any atom is -0.479 e. The van der Waals surface area contributed by atoms with Gasteiger partial charge >= 0.3 is 6.18 Å². The Balaban J connectivity index is 2.46. The number of nitriles is 1. The summed E-state index contributed by atoms with van der Waals surface area (Å²) < 4.78 is 40.7. The molecule has 0 bridgehead atoms. The summed E-state index contributed by atoms with van der Waals surface area (Å²) in [6, 6.07) is 8.40. The minimum atomic E-state index is -4.21. The van der Waals surface area contributed by atoms with Crippen molar-refractivity contribution in [1.82, 2.24) is 5.32 Å².